The van der Waals surface area contributed by atoms with E-state index in [4.69, 9.17) is 4.74 Å². The summed E-state index contributed by atoms with van der Waals surface area (Å²) in [5.41, 5.74) is 1.90. The number of hydrogen-bond acceptors (Lipinski definition) is 4. The molecule has 0 saturated heterocycles. The van der Waals surface area contributed by atoms with Crippen molar-refractivity contribution in [3.8, 4) is 0 Å². The number of nitro groups is 1. The Labute approximate surface area is 123 Å². The second-order valence-corrected chi connectivity index (χ2v) is 4.21. The standard InChI is InChI=1S/C16H17NO4/c1-3-21-16(18)7-5-4-6-13(2)12-14-8-10-15(11-9-14)17(19)20/h4-12H,3H2,1-2H3/b6-4+,7-5+,13-12+. The lowest BCUT2D eigenvalue weighted by Gasteiger charge is -1.96. The second kappa shape index (κ2) is 8.47. The van der Waals surface area contributed by atoms with E-state index in [-0.39, 0.29) is 11.7 Å². The van der Waals surface area contributed by atoms with Crippen LogP contribution < -0.4 is 0 Å². The van der Waals surface area contributed by atoms with E-state index in [0.717, 1.165) is 11.1 Å². The van der Waals surface area contributed by atoms with Crippen molar-refractivity contribution in [1.29, 1.82) is 0 Å². The molecule has 0 radical (unpaired) electrons. The molecule has 0 N–H and O–H groups in total. The summed E-state index contributed by atoms with van der Waals surface area (Å²) in [6, 6.07) is 6.29. The third-order valence-corrected chi connectivity index (χ3v) is 2.49. The highest BCUT2D eigenvalue weighted by molar-refractivity contribution is 5.82. The normalized spacial score (nSPS) is 12.0. The van der Waals surface area contributed by atoms with E-state index < -0.39 is 4.92 Å². The van der Waals surface area contributed by atoms with Gasteiger partial charge in [0, 0.05) is 18.2 Å². The van der Waals surface area contributed by atoms with Gasteiger partial charge in [-0.2, -0.15) is 0 Å². The minimum Gasteiger partial charge on any atom is -0.463 e. The van der Waals surface area contributed by atoms with Crippen molar-refractivity contribution in [2.45, 2.75) is 13.8 Å². The van der Waals surface area contributed by atoms with Gasteiger partial charge in [-0.05, 0) is 31.5 Å². The Morgan fingerprint density at radius 1 is 1.24 bits per heavy atom. The predicted molar refractivity (Wildman–Crippen MR) is 81.7 cm³/mol. The molecule has 1 rings (SSSR count). The maximum atomic E-state index is 11.1. The summed E-state index contributed by atoms with van der Waals surface area (Å²) in [6.45, 7) is 4.00. The van der Waals surface area contributed by atoms with Gasteiger partial charge in [0.2, 0.25) is 0 Å². The zero-order valence-electron chi connectivity index (χ0n) is 12.0. The Balaban J connectivity index is 2.63. The van der Waals surface area contributed by atoms with Crippen LogP contribution in [0.3, 0.4) is 0 Å². The van der Waals surface area contributed by atoms with E-state index >= 15 is 0 Å². The lowest BCUT2D eigenvalue weighted by Crippen LogP contribution is -1.98. The number of allylic oxidation sites excluding steroid dienone is 4. The molecular weight excluding hydrogens is 270 g/mol. The van der Waals surface area contributed by atoms with Crippen molar-refractivity contribution < 1.29 is 14.5 Å². The van der Waals surface area contributed by atoms with Crippen LogP contribution in [0.25, 0.3) is 6.08 Å². The van der Waals surface area contributed by atoms with E-state index in [1.165, 1.54) is 18.2 Å². The number of nitrogens with zero attached hydrogens (tertiary/aromatic N) is 1. The van der Waals surface area contributed by atoms with Crippen LogP contribution in [0.1, 0.15) is 19.4 Å². The average Bonchev–Trinajstić information content (AvgIpc) is 2.44. The number of esters is 1. The van der Waals surface area contributed by atoms with Crippen LogP contribution in [0.15, 0.2) is 54.1 Å². The van der Waals surface area contributed by atoms with Gasteiger partial charge in [0.25, 0.3) is 5.69 Å². The first-order valence-corrected chi connectivity index (χ1v) is 6.47. The molecule has 0 amide bonds. The molecule has 0 saturated carbocycles. The van der Waals surface area contributed by atoms with Gasteiger partial charge in [-0.1, -0.05) is 29.9 Å². The maximum absolute atomic E-state index is 11.1. The SMILES string of the molecule is CCOC(=O)/C=C/C=C/C(C)=C/c1ccc([N+](=O)[O-])cc1. The summed E-state index contributed by atoms with van der Waals surface area (Å²) in [7, 11) is 0. The molecule has 0 fully saturated rings. The number of nitro benzene ring substituents is 1. The average molecular weight is 287 g/mol. The van der Waals surface area contributed by atoms with Crippen molar-refractivity contribution >= 4 is 17.7 Å². The van der Waals surface area contributed by atoms with E-state index in [1.807, 2.05) is 19.1 Å². The van der Waals surface area contributed by atoms with E-state index in [9.17, 15) is 14.9 Å². The summed E-state index contributed by atoms with van der Waals surface area (Å²) in [4.78, 5) is 21.2. The monoisotopic (exact) mass is 287 g/mol. The van der Waals surface area contributed by atoms with Crippen LogP contribution in [0, 0.1) is 10.1 Å². The lowest BCUT2D eigenvalue weighted by atomic mass is 10.1. The minimum absolute atomic E-state index is 0.0673. The second-order valence-electron chi connectivity index (χ2n) is 4.21. The van der Waals surface area contributed by atoms with Crippen LogP contribution in [-0.2, 0) is 9.53 Å². The van der Waals surface area contributed by atoms with Crippen LogP contribution in [-0.4, -0.2) is 17.5 Å². The van der Waals surface area contributed by atoms with Crippen LogP contribution in [0.2, 0.25) is 0 Å². The summed E-state index contributed by atoms with van der Waals surface area (Å²) in [5.74, 6) is -0.376. The number of rotatable bonds is 6. The fourth-order valence-electron chi connectivity index (χ4n) is 1.54. The number of hydrogen-bond donors (Lipinski definition) is 0. The summed E-state index contributed by atoms with van der Waals surface area (Å²) in [5, 5.41) is 10.5. The molecule has 0 aliphatic heterocycles. The number of ether oxygens (including phenoxy) is 1. The quantitative estimate of drug-likeness (QED) is 0.263. The first kappa shape index (κ1) is 16.4. The molecule has 0 heterocycles. The minimum atomic E-state index is -0.430. The molecule has 21 heavy (non-hydrogen) atoms. The lowest BCUT2D eigenvalue weighted by molar-refractivity contribution is -0.384. The smallest absolute Gasteiger partial charge is 0.330 e. The number of carbonyl (C=O) groups excluding carboxylic acids is 1. The van der Waals surface area contributed by atoms with Crippen LogP contribution in [0.5, 0.6) is 0 Å². The Morgan fingerprint density at radius 2 is 1.86 bits per heavy atom. The number of benzene rings is 1. The van der Waals surface area contributed by atoms with Gasteiger partial charge < -0.3 is 4.74 Å². The Hall–Kier alpha value is -2.69. The van der Waals surface area contributed by atoms with E-state index in [2.05, 4.69) is 0 Å². The molecular formula is C16H17NO4. The molecule has 110 valence electrons. The topological polar surface area (TPSA) is 69.4 Å². The van der Waals surface area contributed by atoms with Crippen LogP contribution >= 0.6 is 0 Å². The van der Waals surface area contributed by atoms with Gasteiger partial charge in [-0.15, -0.1) is 0 Å². The Kier molecular flexibility index (Phi) is 6.60. The Morgan fingerprint density at radius 3 is 2.43 bits per heavy atom. The predicted octanol–water partition coefficient (Wildman–Crippen LogP) is 3.67. The molecule has 0 aliphatic carbocycles. The molecule has 0 bridgehead atoms. The summed E-state index contributed by atoms with van der Waals surface area (Å²) >= 11 is 0. The zero-order valence-corrected chi connectivity index (χ0v) is 12.0. The highest BCUT2D eigenvalue weighted by Gasteiger charge is 2.02. The molecule has 0 atom stereocenters. The van der Waals surface area contributed by atoms with Crippen molar-refractivity contribution in [2.24, 2.45) is 0 Å². The summed E-state index contributed by atoms with van der Waals surface area (Å²) in [6.07, 6.45) is 8.40. The highest BCUT2D eigenvalue weighted by Crippen LogP contribution is 2.14. The van der Waals surface area contributed by atoms with Crippen molar-refractivity contribution in [1.82, 2.24) is 0 Å². The maximum Gasteiger partial charge on any atom is 0.330 e. The molecule has 1 aromatic carbocycles. The fourth-order valence-corrected chi connectivity index (χ4v) is 1.54. The van der Waals surface area contributed by atoms with Crippen molar-refractivity contribution in [2.75, 3.05) is 6.61 Å². The first-order valence-electron chi connectivity index (χ1n) is 6.47. The number of non-ortho nitro benzene ring substituents is 1. The molecule has 0 unspecified atom stereocenters. The zero-order chi connectivity index (χ0) is 15.7. The molecule has 0 aromatic heterocycles. The molecule has 5 heteroatoms. The van der Waals surface area contributed by atoms with Gasteiger partial charge in [0.15, 0.2) is 0 Å². The highest BCUT2D eigenvalue weighted by atomic mass is 16.6. The van der Waals surface area contributed by atoms with Crippen molar-refractivity contribution in [3.05, 3.63) is 69.8 Å². The molecule has 0 spiro atoms. The molecule has 0 aliphatic rings. The fraction of sp³-hybridized carbons (Fsp3) is 0.188. The van der Waals surface area contributed by atoms with E-state index in [1.54, 1.807) is 31.2 Å². The van der Waals surface area contributed by atoms with Gasteiger partial charge in [-0.3, -0.25) is 10.1 Å². The van der Waals surface area contributed by atoms with Gasteiger partial charge in [0.05, 0.1) is 11.5 Å². The first-order chi connectivity index (χ1) is 10.0. The van der Waals surface area contributed by atoms with E-state index in [0.29, 0.717) is 6.61 Å². The molecule has 1 aromatic rings. The number of carbonyl (C=O) groups is 1. The van der Waals surface area contributed by atoms with Gasteiger partial charge in [0.1, 0.15) is 0 Å². The van der Waals surface area contributed by atoms with Crippen LogP contribution in [0.4, 0.5) is 5.69 Å². The third-order valence-electron chi connectivity index (χ3n) is 2.49. The van der Waals surface area contributed by atoms with Gasteiger partial charge in [-0.25, -0.2) is 4.79 Å². The Bertz CT molecular complexity index is 583. The van der Waals surface area contributed by atoms with Gasteiger partial charge >= 0.3 is 5.97 Å². The third kappa shape index (κ3) is 6.33. The largest absolute Gasteiger partial charge is 0.463 e. The van der Waals surface area contributed by atoms with Crippen molar-refractivity contribution in [3.63, 3.8) is 0 Å². The summed E-state index contributed by atoms with van der Waals surface area (Å²) < 4.78 is 4.75. The molecule has 5 nitrogen and oxygen atoms in total.